The molecule has 5 nitrogen and oxygen atoms in total. The summed E-state index contributed by atoms with van der Waals surface area (Å²) in [6.45, 7) is 6.56. The second-order valence-electron chi connectivity index (χ2n) is 5.54. The summed E-state index contributed by atoms with van der Waals surface area (Å²) in [7, 11) is 1.64. The van der Waals surface area contributed by atoms with E-state index in [0.717, 1.165) is 24.4 Å². The summed E-state index contributed by atoms with van der Waals surface area (Å²) in [6, 6.07) is 7.71. The standard InChI is InChI=1S/C16H24N2O3/c1-12-9-18(10-13(2)21-12)11-16(19)17-8-14-6-4-5-7-15(14)20-3/h4-7,12-13H,8-11H2,1-3H3,(H,17,19)/t12-,13-/m0/s1. The van der Waals surface area contributed by atoms with E-state index in [0.29, 0.717) is 13.1 Å². The lowest BCUT2D eigenvalue weighted by molar-refractivity contribution is -0.126. The fourth-order valence-electron chi connectivity index (χ4n) is 2.72. The Bertz CT molecular complexity index is 468. The van der Waals surface area contributed by atoms with Crippen LogP contribution in [0.25, 0.3) is 0 Å². The number of para-hydroxylation sites is 1. The van der Waals surface area contributed by atoms with Crippen molar-refractivity contribution >= 4 is 5.91 Å². The van der Waals surface area contributed by atoms with Gasteiger partial charge in [-0.2, -0.15) is 0 Å². The first-order valence-electron chi connectivity index (χ1n) is 7.35. The van der Waals surface area contributed by atoms with Crippen LogP contribution in [0.4, 0.5) is 0 Å². The molecule has 116 valence electrons. The Morgan fingerprint density at radius 1 is 1.33 bits per heavy atom. The second kappa shape index (κ2) is 7.43. The molecule has 0 radical (unpaired) electrons. The molecule has 1 aromatic rings. The SMILES string of the molecule is COc1ccccc1CNC(=O)CN1C[C@H](C)O[C@@H](C)C1. The molecule has 2 rings (SSSR count). The number of nitrogens with one attached hydrogen (secondary N) is 1. The van der Waals surface area contributed by atoms with Crippen molar-refractivity contribution < 1.29 is 14.3 Å². The molecular formula is C16H24N2O3. The molecule has 0 bridgehead atoms. The number of hydrogen-bond donors (Lipinski definition) is 1. The van der Waals surface area contributed by atoms with Gasteiger partial charge in [-0.1, -0.05) is 18.2 Å². The van der Waals surface area contributed by atoms with Gasteiger partial charge in [0.2, 0.25) is 5.91 Å². The van der Waals surface area contributed by atoms with E-state index in [1.54, 1.807) is 7.11 Å². The van der Waals surface area contributed by atoms with E-state index in [1.807, 2.05) is 38.1 Å². The number of amides is 1. The number of hydrogen-bond acceptors (Lipinski definition) is 4. The third kappa shape index (κ3) is 4.72. The van der Waals surface area contributed by atoms with Crippen molar-refractivity contribution in [3.8, 4) is 5.75 Å². The summed E-state index contributed by atoms with van der Waals surface area (Å²) in [5.74, 6) is 0.827. The maximum Gasteiger partial charge on any atom is 0.234 e. The minimum atomic E-state index is 0.0298. The zero-order valence-corrected chi connectivity index (χ0v) is 13.0. The van der Waals surface area contributed by atoms with Gasteiger partial charge in [0.15, 0.2) is 0 Å². The predicted octanol–water partition coefficient (Wildman–Crippen LogP) is 1.42. The molecule has 1 saturated heterocycles. The van der Waals surface area contributed by atoms with Crippen molar-refractivity contribution in [1.82, 2.24) is 10.2 Å². The zero-order chi connectivity index (χ0) is 15.2. The lowest BCUT2D eigenvalue weighted by Crippen LogP contribution is -2.49. The van der Waals surface area contributed by atoms with Crippen molar-refractivity contribution in [3.63, 3.8) is 0 Å². The molecule has 0 aromatic heterocycles. The molecular weight excluding hydrogens is 268 g/mol. The molecule has 1 N–H and O–H groups in total. The molecule has 1 amide bonds. The number of ether oxygens (including phenoxy) is 2. The topological polar surface area (TPSA) is 50.8 Å². The van der Waals surface area contributed by atoms with Crippen molar-refractivity contribution in [2.75, 3.05) is 26.7 Å². The first kappa shape index (κ1) is 15.8. The predicted molar refractivity (Wildman–Crippen MR) is 81.3 cm³/mol. The highest BCUT2D eigenvalue weighted by molar-refractivity contribution is 5.78. The number of benzene rings is 1. The first-order chi connectivity index (χ1) is 10.1. The number of carbonyl (C=O) groups is 1. The van der Waals surface area contributed by atoms with Gasteiger partial charge in [-0.25, -0.2) is 0 Å². The first-order valence-corrected chi connectivity index (χ1v) is 7.35. The molecule has 21 heavy (non-hydrogen) atoms. The summed E-state index contributed by atoms with van der Waals surface area (Å²) < 4.78 is 10.9. The van der Waals surface area contributed by atoms with Crippen LogP contribution >= 0.6 is 0 Å². The minimum Gasteiger partial charge on any atom is -0.496 e. The average Bonchev–Trinajstić information content (AvgIpc) is 2.44. The molecule has 1 aliphatic heterocycles. The number of nitrogens with zero attached hydrogens (tertiary/aromatic N) is 1. The maximum atomic E-state index is 12.1. The Kier molecular flexibility index (Phi) is 5.59. The number of methoxy groups -OCH3 is 1. The Morgan fingerprint density at radius 2 is 2.00 bits per heavy atom. The van der Waals surface area contributed by atoms with Crippen LogP contribution in [0.3, 0.4) is 0 Å². The van der Waals surface area contributed by atoms with Gasteiger partial charge < -0.3 is 14.8 Å². The Labute approximate surface area is 126 Å². The molecule has 2 atom stereocenters. The van der Waals surface area contributed by atoms with Crippen molar-refractivity contribution in [2.45, 2.75) is 32.6 Å². The average molecular weight is 292 g/mol. The minimum absolute atomic E-state index is 0.0298. The van der Waals surface area contributed by atoms with Crippen LogP contribution in [-0.2, 0) is 16.1 Å². The fourth-order valence-corrected chi connectivity index (χ4v) is 2.72. The lowest BCUT2D eigenvalue weighted by Gasteiger charge is -2.34. The van der Waals surface area contributed by atoms with E-state index < -0.39 is 0 Å². The fraction of sp³-hybridized carbons (Fsp3) is 0.562. The normalized spacial score (nSPS) is 22.8. The molecule has 1 heterocycles. The molecule has 0 unspecified atom stereocenters. The summed E-state index contributed by atoms with van der Waals surface area (Å²) in [4.78, 5) is 14.2. The largest absolute Gasteiger partial charge is 0.496 e. The van der Waals surface area contributed by atoms with E-state index in [9.17, 15) is 4.79 Å². The van der Waals surface area contributed by atoms with Gasteiger partial charge in [-0.15, -0.1) is 0 Å². The highest BCUT2D eigenvalue weighted by Gasteiger charge is 2.23. The Hall–Kier alpha value is -1.59. The van der Waals surface area contributed by atoms with Crippen LogP contribution < -0.4 is 10.1 Å². The monoisotopic (exact) mass is 292 g/mol. The maximum absolute atomic E-state index is 12.1. The summed E-state index contributed by atoms with van der Waals surface area (Å²) >= 11 is 0. The van der Waals surface area contributed by atoms with E-state index >= 15 is 0 Å². The summed E-state index contributed by atoms with van der Waals surface area (Å²) in [5.41, 5.74) is 0.983. The summed E-state index contributed by atoms with van der Waals surface area (Å²) in [5, 5.41) is 2.95. The van der Waals surface area contributed by atoms with Gasteiger partial charge >= 0.3 is 0 Å². The molecule has 0 aliphatic carbocycles. The van der Waals surface area contributed by atoms with E-state index in [-0.39, 0.29) is 18.1 Å². The molecule has 1 aliphatic rings. The molecule has 1 aromatic carbocycles. The third-order valence-electron chi connectivity index (χ3n) is 3.53. The van der Waals surface area contributed by atoms with E-state index in [4.69, 9.17) is 9.47 Å². The van der Waals surface area contributed by atoms with Gasteiger partial charge in [0.25, 0.3) is 0 Å². The third-order valence-corrected chi connectivity index (χ3v) is 3.53. The van der Waals surface area contributed by atoms with Crippen molar-refractivity contribution in [2.24, 2.45) is 0 Å². The van der Waals surface area contributed by atoms with E-state index in [2.05, 4.69) is 10.2 Å². The van der Waals surface area contributed by atoms with Crippen LogP contribution in [0.5, 0.6) is 5.75 Å². The molecule has 0 saturated carbocycles. The molecule has 5 heteroatoms. The quantitative estimate of drug-likeness (QED) is 0.892. The van der Waals surface area contributed by atoms with Gasteiger partial charge in [0, 0.05) is 25.2 Å². The van der Waals surface area contributed by atoms with Crippen molar-refractivity contribution in [1.29, 1.82) is 0 Å². The smallest absolute Gasteiger partial charge is 0.234 e. The van der Waals surface area contributed by atoms with Crippen LogP contribution in [0.1, 0.15) is 19.4 Å². The number of morpholine rings is 1. The number of rotatable bonds is 5. The highest BCUT2D eigenvalue weighted by atomic mass is 16.5. The zero-order valence-electron chi connectivity index (χ0n) is 13.0. The lowest BCUT2D eigenvalue weighted by atomic mass is 10.2. The second-order valence-corrected chi connectivity index (χ2v) is 5.54. The van der Waals surface area contributed by atoms with Crippen LogP contribution in [-0.4, -0.2) is 49.8 Å². The Balaban J connectivity index is 1.82. The van der Waals surface area contributed by atoms with Gasteiger partial charge in [-0.05, 0) is 19.9 Å². The van der Waals surface area contributed by atoms with Crippen molar-refractivity contribution in [3.05, 3.63) is 29.8 Å². The van der Waals surface area contributed by atoms with Gasteiger partial charge in [0.05, 0.1) is 25.9 Å². The van der Waals surface area contributed by atoms with Crippen LogP contribution in [0.15, 0.2) is 24.3 Å². The number of carbonyl (C=O) groups excluding carboxylic acids is 1. The van der Waals surface area contributed by atoms with Crippen LogP contribution in [0.2, 0.25) is 0 Å². The molecule has 0 spiro atoms. The molecule has 1 fully saturated rings. The van der Waals surface area contributed by atoms with E-state index in [1.165, 1.54) is 0 Å². The van der Waals surface area contributed by atoms with Crippen LogP contribution in [0, 0.1) is 0 Å². The van der Waals surface area contributed by atoms with Gasteiger partial charge in [0.1, 0.15) is 5.75 Å². The highest BCUT2D eigenvalue weighted by Crippen LogP contribution is 2.16. The Morgan fingerprint density at radius 3 is 2.67 bits per heavy atom. The summed E-state index contributed by atoms with van der Waals surface area (Å²) in [6.07, 6.45) is 0.353. The van der Waals surface area contributed by atoms with Gasteiger partial charge in [-0.3, -0.25) is 9.69 Å².